The van der Waals surface area contributed by atoms with E-state index in [0.29, 0.717) is 6.42 Å². The summed E-state index contributed by atoms with van der Waals surface area (Å²) >= 11 is 0. The molecule has 20 heavy (non-hydrogen) atoms. The highest BCUT2D eigenvalue weighted by Gasteiger charge is 2.16. The van der Waals surface area contributed by atoms with Gasteiger partial charge in [-0.25, -0.2) is 13.1 Å². The third kappa shape index (κ3) is 3.46. The van der Waals surface area contributed by atoms with Crippen LogP contribution in [0.5, 0.6) is 5.75 Å². The van der Waals surface area contributed by atoms with Crippen molar-refractivity contribution in [2.24, 2.45) is 0 Å². The summed E-state index contributed by atoms with van der Waals surface area (Å²) in [6.07, 6.45) is 3.17. The standard InChI is InChI=1S/C13H15N3O3S/c14-12-6-7-15-9-13(12)20(18,19)16-8-5-10-1-3-11(17)4-2-10/h1-4,6-7,9,16-17H,5,8H2,(H2,14,15). The molecule has 0 aliphatic rings. The number of nitrogens with zero attached hydrogens (tertiary/aromatic N) is 1. The predicted octanol–water partition coefficient (Wildman–Crippen LogP) is 0.890. The van der Waals surface area contributed by atoms with Crippen molar-refractivity contribution in [3.63, 3.8) is 0 Å². The Labute approximate surface area is 117 Å². The number of sulfonamides is 1. The van der Waals surface area contributed by atoms with Crippen LogP contribution < -0.4 is 10.5 Å². The highest BCUT2D eigenvalue weighted by atomic mass is 32.2. The molecule has 7 heteroatoms. The van der Waals surface area contributed by atoms with Crippen LogP contribution in [-0.2, 0) is 16.4 Å². The SMILES string of the molecule is Nc1ccncc1S(=O)(=O)NCCc1ccc(O)cc1. The molecule has 0 atom stereocenters. The quantitative estimate of drug-likeness (QED) is 0.759. The molecule has 1 heterocycles. The Bertz CT molecular complexity index is 684. The number of hydrogen-bond donors (Lipinski definition) is 3. The number of nitrogens with one attached hydrogen (secondary N) is 1. The highest BCUT2D eigenvalue weighted by Crippen LogP contribution is 2.15. The fraction of sp³-hybridized carbons (Fsp3) is 0.154. The van der Waals surface area contributed by atoms with Crippen molar-refractivity contribution in [2.75, 3.05) is 12.3 Å². The minimum absolute atomic E-state index is 0.0225. The van der Waals surface area contributed by atoms with Gasteiger partial charge in [-0.2, -0.15) is 0 Å². The average Bonchev–Trinajstić information content (AvgIpc) is 2.41. The van der Waals surface area contributed by atoms with E-state index >= 15 is 0 Å². The molecule has 0 radical (unpaired) electrons. The summed E-state index contributed by atoms with van der Waals surface area (Å²) in [5.74, 6) is 0.178. The number of pyridine rings is 1. The lowest BCUT2D eigenvalue weighted by Crippen LogP contribution is -2.26. The van der Waals surface area contributed by atoms with E-state index in [4.69, 9.17) is 10.8 Å². The number of aromatic hydroxyl groups is 1. The van der Waals surface area contributed by atoms with Crippen molar-refractivity contribution in [3.8, 4) is 5.75 Å². The third-order valence-corrected chi connectivity index (χ3v) is 4.25. The topological polar surface area (TPSA) is 105 Å². The van der Waals surface area contributed by atoms with Crippen molar-refractivity contribution >= 4 is 15.7 Å². The first-order valence-corrected chi connectivity index (χ1v) is 7.44. The number of rotatable bonds is 5. The summed E-state index contributed by atoms with van der Waals surface area (Å²) < 4.78 is 26.5. The van der Waals surface area contributed by atoms with Crippen LogP contribution in [0.1, 0.15) is 5.56 Å². The van der Waals surface area contributed by atoms with Crippen LogP contribution in [0.4, 0.5) is 5.69 Å². The van der Waals surface area contributed by atoms with Crippen molar-refractivity contribution < 1.29 is 13.5 Å². The molecule has 0 spiro atoms. The van der Waals surface area contributed by atoms with Gasteiger partial charge in [-0.15, -0.1) is 0 Å². The second-order valence-corrected chi connectivity index (χ2v) is 5.96. The minimum Gasteiger partial charge on any atom is -0.508 e. The van der Waals surface area contributed by atoms with Crippen LogP contribution >= 0.6 is 0 Å². The van der Waals surface area contributed by atoms with Gasteiger partial charge in [0.15, 0.2) is 0 Å². The lowest BCUT2D eigenvalue weighted by atomic mass is 10.1. The zero-order valence-electron chi connectivity index (χ0n) is 10.7. The molecule has 0 fully saturated rings. The van der Waals surface area contributed by atoms with Gasteiger partial charge in [0, 0.05) is 18.9 Å². The Morgan fingerprint density at radius 1 is 1.20 bits per heavy atom. The number of benzene rings is 1. The van der Waals surface area contributed by atoms with Crippen LogP contribution in [0.2, 0.25) is 0 Å². The normalized spacial score (nSPS) is 11.4. The second kappa shape index (κ2) is 5.89. The first kappa shape index (κ1) is 14.3. The number of aromatic nitrogens is 1. The zero-order chi connectivity index (χ0) is 14.6. The Kier molecular flexibility index (Phi) is 4.21. The van der Waals surface area contributed by atoms with E-state index in [1.54, 1.807) is 24.3 Å². The van der Waals surface area contributed by atoms with Crippen LogP contribution in [0.15, 0.2) is 47.6 Å². The first-order chi connectivity index (χ1) is 9.49. The summed E-state index contributed by atoms with van der Waals surface area (Å²) in [6, 6.07) is 8.03. The fourth-order valence-electron chi connectivity index (χ4n) is 1.69. The molecule has 0 bridgehead atoms. The lowest BCUT2D eigenvalue weighted by molar-refractivity contribution is 0.475. The summed E-state index contributed by atoms with van der Waals surface area (Å²) in [5, 5.41) is 9.16. The maximum absolute atomic E-state index is 12.0. The van der Waals surface area contributed by atoms with Gasteiger partial charge in [0.05, 0.1) is 5.69 Å². The molecule has 0 aliphatic heterocycles. The van der Waals surface area contributed by atoms with Crippen LogP contribution in [0, 0.1) is 0 Å². The van der Waals surface area contributed by atoms with E-state index in [0.717, 1.165) is 5.56 Å². The van der Waals surface area contributed by atoms with E-state index in [2.05, 4.69) is 9.71 Å². The fourth-order valence-corrected chi connectivity index (χ4v) is 2.79. The van der Waals surface area contributed by atoms with Gasteiger partial charge >= 0.3 is 0 Å². The van der Waals surface area contributed by atoms with Gasteiger partial charge in [0.25, 0.3) is 0 Å². The lowest BCUT2D eigenvalue weighted by Gasteiger charge is -2.08. The van der Waals surface area contributed by atoms with Gasteiger partial charge in [0.1, 0.15) is 10.6 Å². The second-order valence-electron chi connectivity index (χ2n) is 4.23. The predicted molar refractivity (Wildman–Crippen MR) is 75.6 cm³/mol. The molecule has 4 N–H and O–H groups in total. The molecule has 1 aromatic heterocycles. The van der Waals surface area contributed by atoms with Gasteiger partial charge in [-0.3, -0.25) is 4.98 Å². The number of phenolic OH excluding ortho intramolecular Hbond substituents is 1. The first-order valence-electron chi connectivity index (χ1n) is 5.96. The molecule has 0 aliphatic carbocycles. The third-order valence-electron chi connectivity index (χ3n) is 2.75. The van der Waals surface area contributed by atoms with Gasteiger partial charge in [-0.1, -0.05) is 12.1 Å². The van der Waals surface area contributed by atoms with Crippen molar-refractivity contribution in [2.45, 2.75) is 11.3 Å². The monoisotopic (exact) mass is 293 g/mol. The molecule has 106 valence electrons. The molecule has 0 saturated heterocycles. The van der Waals surface area contributed by atoms with E-state index < -0.39 is 10.0 Å². The smallest absolute Gasteiger partial charge is 0.244 e. The van der Waals surface area contributed by atoms with Gasteiger partial charge < -0.3 is 10.8 Å². The van der Waals surface area contributed by atoms with Crippen LogP contribution in [0.25, 0.3) is 0 Å². The molecule has 1 aromatic carbocycles. The average molecular weight is 293 g/mol. The van der Waals surface area contributed by atoms with Crippen molar-refractivity contribution in [3.05, 3.63) is 48.3 Å². The molecule has 0 unspecified atom stereocenters. The number of anilines is 1. The summed E-state index contributed by atoms with van der Waals surface area (Å²) in [5.41, 5.74) is 6.70. The summed E-state index contributed by atoms with van der Waals surface area (Å²) in [4.78, 5) is 3.74. The number of nitrogen functional groups attached to an aromatic ring is 1. The largest absolute Gasteiger partial charge is 0.508 e. The maximum Gasteiger partial charge on any atom is 0.244 e. The Balaban J connectivity index is 2.00. The Morgan fingerprint density at radius 2 is 1.90 bits per heavy atom. The number of nitrogens with two attached hydrogens (primary N) is 1. The van der Waals surface area contributed by atoms with Gasteiger partial charge in [0.2, 0.25) is 10.0 Å². The molecule has 0 amide bonds. The molecule has 0 saturated carbocycles. The summed E-state index contributed by atoms with van der Waals surface area (Å²) in [7, 11) is -3.66. The van der Waals surface area contributed by atoms with Crippen molar-refractivity contribution in [1.82, 2.24) is 9.71 Å². The van der Waals surface area contributed by atoms with E-state index in [9.17, 15) is 8.42 Å². The van der Waals surface area contributed by atoms with E-state index in [1.807, 2.05) is 0 Å². The highest BCUT2D eigenvalue weighted by molar-refractivity contribution is 7.89. The summed E-state index contributed by atoms with van der Waals surface area (Å²) in [6.45, 7) is 0.238. The van der Waals surface area contributed by atoms with Crippen molar-refractivity contribution in [1.29, 1.82) is 0 Å². The number of phenols is 1. The molecule has 2 rings (SSSR count). The molecular formula is C13H15N3O3S. The Morgan fingerprint density at radius 3 is 2.55 bits per heavy atom. The molecule has 6 nitrogen and oxygen atoms in total. The van der Waals surface area contributed by atoms with E-state index in [-0.39, 0.29) is 22.9 Å². The van der Waals surface area contributed by atoms with Crippen LogP contribution in [0.3, 0.4) is 0 Å². The van der Waals surface area contributed by atoms with E-state index in [1.165, 1.54) is 18.5 Å². The van der Waals surface area contributed by atoms with Crippen LogP contribution in [-0.4, -0.2) is 25.1 Å². The molecular weight excluding hydrogens is 278 g/mol. The number of hydrogen-bond acceptors (Lipinski definition) is 5. The molecule has 2 aromatic rings. The van der Waals surface area contributed by atoms with Gasteiger partial charge in [-0.05, 0) is 30.2 Å². The minimum atomic E-state index is -3.66. The maximum atomic E-state index is 12.0. The zero-order valence-corrected chi connectivity index (χ0v) is 11.5. The Hall–Kier alpha value is -2.12.